The van der Waals surface area contributed by atoms with Crippen molar-refractivity contribution in [2.75, 3.05) is 6.61 Å². The number of ether oxygens (including phenoxy) is 2. The van der Waals surface area contributed by atoms with Crippen molar-refractivity contribution >= 4 is 11.9 Å². The highest BCUT2D eigenvalue weighted by Crippen LogP contribution is 2.22. The molecular weight excluding hydrogens is 422 g/mol. The van der Waals surface area contributed by atoms with Crippen molar-refractivity contribution in [1.82, 2.24) is 4.90 Å². The van der Waals surface area contributed by atoms with Crippen LogP contribution in [-0.4, -0.2) is 34.1 Å². The molecule has 1 aromatic heterocycles. The SMILES string of the molecule is CCOC(=O)C(C)(C)Oc1ccc(CN(Cc2ccco2)C(=O)Cc2ccc(O)cc2)cc1. The number of phenols is 1. The minimum Gasteiger partial charge on any atom is -0.508 e. The van der Waals surface area contributed by atoms with Crippen molar-refractivity contribution in [2.24, 2.45) is 0 Å². The lowest BCUT2D eigenvalue weighted by atomic mass is 10.1. The Hall–Kier alpha value is -3.74. The number of carbonyl (C=O) groups excluding carboxylic acids is 2. The molecular formula is C26H29NO6. The second-order valence-corrected chi connectivity index (χ2v) is 8.15. The predicted octanol–water partition coefficient (Wildman–Crippen LogP) is 4.48. The molecule has 0 atom stereocenters. The van der Waals surface area contributed by atoms with Crippen molar-refractivity contribution in [3.8, 4) is 11.5 Å². The topological polar surface area (TPSA) is 89.2 Å². The molecule has 2 aromatic carbocycles. The number of amides is 1. The third kappa shape index (κ3) is 6.87. The monoisotopic (exact) mass is 451 g/mol. The summed E-state index contributed by atoms with van der Waals surface area (Å²) in [4.78, 5) is 26.8. The lowest BCUT2D eigenvalue weighted by Gasteiger charge is -2.25. The maximum Gasteiger partial charge on any atom is 0.349 e. The van der Waals surface area contributed by atoms with Crippen LogP contribution < -0.4 is 4.74 Å². The van der Waals surface area contributed by atoms with Gasteiger partial charge in [-0.15, -0.1) is 0 Å². The number of hydrogen-bond acceptors (Lipinski definition) is 6. The summed E-state index contributed by atoms with van der Waals surface area (Å²) in [5, 5.41) is 9.47. The van der Waals surface area contributed by atoms with E-state index in [0.717, 1.165) is 11.1 Å². The van der Waals surface area contributed by atoms with E-state index in [9.17, 15) is 14.7 Å². The zero-order chi connectivity index (χ0) is 23.8. The number of esters is 1. The first-order chi connectivity index (χ1) is 15.8. The van der Waals surface area contributed by atoms with Crippen LogP contribution in [0.3, 0.4) is 0 Å². The quantitative estimate of drug-likeness (QED) is 0.457. The molecule has 0 bridgehead atoms. The summed E-state index contributed by atoms with van der Waals surface area (Å²) < 4.78 is 16.3. The molecule has 0 spiro atoms. The summed E-state index contributed by atoms with van der Waals surface area (Å²) >= 11 is 0. The Bertz CT molecular complexity index is 1040. The van der Waals surface area contributed by atoms with Crippen molar-refractivity contribution < 1.29 is 28.6 Å². The maximum absolute atomic E-state index is 13.1. The lowest BCUT2D eigenvalue weighted by molar-refractivity contribution is -0.158. The van der Waals surface area contributed by atoms with Gasteiger partial charge in [-0.05, 0) is 68.3 Å². The fraction of sp³-hybridized carbons (Fsp3) is 0.308. The van der Waals surface area contributed by atoms with Gasteiger partial charge in [0.25, 0.3) is 0 Å². The van der Waals surface area contributed by atoms with E-state index in [1.165, 1.54) is 0 Å². The highest BCUT2D eigenvalue weighted by molar-refractivity contribution is 5.79. The van der Waals surface area contributed by atoms with E-state index in [0.29, 0.717) is 24.6 Å². The van der Waals surface area contributed by atoms with Crippen LogP contribution in [0, 0.1) is 0 Å². The molecule has 7 nitrogen and oxygen atoms in total. The molecule has 1 heterocycles. The van der Waals surface area contributed by atoms with E-state index in [1.54, 1.807) is 74.4 Å². The Morgan fingerprint density at radius 1 is 0.970 bits per heavy atom. The molecule has 0 aliphatic carbocycles. The summed E-state index contributed by atoms with van der Waals surface area (Å²) in [6.45, 7) is 6.06. The molecule has 0 radical (unpaired) electrons. The molecule has 0 saturated heterocycles. The fourth-order valence-corrected chi connectivity index (χ4v) is 3.25. The van der Waals surface area contributed by atoms with Crippen LogP contribution >= 0.6 is 0 Å². The highest BCUT2D eigenvalue weighted by atomic mass is 16.6. The number of furan rings is 1. The first-order valence-electron chi connectivity index (χ1n) is 10.8. The first-order valence-corrected chi connectivity index (χ1v) is 10.8. The third-order valence-corrected chi connectivity index (χ3v) is 5.01. The van der Waals surface area contributed by atoms with Gasteiger partial charge in [0.15, 0.2) is 5.60 Å². The molecule has 3 aromatic rings. The summed E-state index contributed by atoms with van der Waals surface area (Å²) in [5.74, 6) is 0.876. The van der Waals surface area contributed by atoms with Crippen LogP contribution in [0.2, 0.25) is 0 Å². The van der Waals surface area contributed by atoms with E-state index >= 15 is 0 Å². The van der Waals surface area contributed by atoms with Gasteiger partial charge in [-0.1, -0.05) is 24.3 Å². The Labute approximate surface area is 193 Å². The van der Waals surface area contributed by atoms with Gasteiger partial charge in [0.05, 0.1) is 25.8 Å². The molecule has 7 heteroatoms. The minimum absolute atomic E-state index is 0.0686. The van der Waals surface area contributed by atoms with E-state index < -0.39 is 11.6 Å². The average molecular weight is 452 g/mol. The Balaban J connectivity index is 1.70. The molecule has 33 heavy (non-hydrogen) atoms. The average Bonchev–Trinajstić information content (AvgIpc) is 3.29. The van der Waals surface area contributed by atoms with E-state index in [2.05, 4.69) is 0 Å². The highest BCUT2D eigenvalue weighted by Gasteiger charge is 2.31. The lowest BCUT2D eigenvalue weighted by Crippen LogP contribution is -2.39. The summed E-state index contributed by atoms with van der Waals surface area (Å²) in [6, 6.07) is 17.5. The molecule has 1 amide bonds. The van der Waals surface area contributed by atoms with Gasteiger partial charge in [-0.3, -0.25) is 4.79 Å². The zero-order valence-corrected chi connectivity index (χ0v) is 19.1. The van der Waals surface area contributed by atoms with Gasteiger partial charge >= 0.3 is 5.97 Å². The first kappa shape index (κ1) is 23.9. The largest absolute Gasteiger partial charge is 0.508 e. The van der Waals surface area contributed by atoms with E-state index in [1.807, 2.05) is 18.2 Å². The zero-order valence-electron chi connectivity index (χ0n) is 19.1. The van der Waals surface area contributed by atoms with Crippen LogP contribution in [0.15, 0.2) is 71.3 Å². The van der Waals surface area contributed by atoms with Crippen LogP contribution in [0.4, 0.5) is 0 Å². The molecule has 0 unspecified atom stereocenters. The molecule has 0 saturated carbocycles. The van der Waals surface area contributed by atoms with Crippen molar-refractivity contribution in [3.05, 3.63) is 83.8 Å². The minimum atomic E-state index is -1.11. The van der Waals surface area contributed by atoms with Crippen molar-refractivity contribution in [1.29, 1.82) is 0 Å². The van der Waals surface area contributed by atoms with Gasteiger partial charge in [0.2, 0.25) is 5.91 Å². The van der Waals surface area contributed by atoms with Gasteiger partial charge in [-0.25, -0.2) is 4.79 Å². The normalized spacial score (nSPS) is 11.1. The smallest absolute Gasteiger partial charge is 0.349 e. The number of nitrogens with zero attached hydrogens (tertiary/aromatic N) is 1. The van der Waals surface area contributed by atoms with Crippen LogP contribution in [0.5, 0.6) is 11.5 Å². The number of rotatable bonds is 10. The van der Waals surface area contributed by atoms with Crippen molar-refractivity contribution in [3.63, 3.8) is 0 Å². The van der Waals surface area contributed by atoms with Gasteiger partial charge < -0.3 is 23.9 Å². The molecule has 3 rings (SSSR count). The summed E-state index contributed by atoms with van der Waals surface area (Å²) in [7, 11) is 0. The Kier molecular flexibility index (Phi) is 7.77. The van der Waals surface area contributed by atoms with E-state index in [-0.39, 0.29) is 24.7 Å². The molecule has 0 aliphatic rings. The molecule has 0 aliphatic heterocycles. The van der Waals surface area contributed by atoms with Gasteiger partial charge in [0.1, 0.15) is 17.3 Å². The number of hydrogen-bond donors (Lipinski definition) is 1. The second kappa shape index (κ2) is 10.7. The maximum atomic E-state index is 13.1. The van der Waals surface area contributed by atoms with Crippen LogP contribution in [0.25, 0.3) is 0 Å². The number of carbonyl (C=O) groups is 2. The number of aromatic hydroxyl groups is 1. The standard InChI is InChI=1S/C26H29NO6/c1-4-31-25(30)26(2,3)33-22-13-9-20(10-14-22)17-27(18-23-6-5-15-32-23)24(29)16-19-7-11-21(28)12-8-19/h5-15,28H,4,16-18H2,1-3H3. The number of benzene rings is 2. The predicted molar refractivity (Wildman–Crippen MR) is 123 cm³/mol. The molecule has 174 valence electrons. The van der Waals surface area contributed by atoms with Crippen molar-refractivity contribution in [2.45, 2.75) is 45.9 Å². The van der Waals surface area contributed by atoms with Gasteiger partial charge in [-0.2, -0.15) is 0 Å². The summed E-state index contributed by atoms with van der Waals surface area (Å²) in [5.41, 5.74) is 0.609. The summed E-state index contributed by atoms with van der Waals surface area (Å²) in [6.07, 6.45) is 1.78. The number of phenolic OH excluding ortho intramolecular Hbond substituents is 1. The Morgan fingerprint density at radius 3 is 2.24 bits per heavy atom. The van der Waals surface area contributed by atoms with E-state index in [4.69, 9.17) is 13.9 Å². The van der Waals surface area contributed by atoms with Crippen LogP contribution in [-0.2, 0) is 33.8 Å². The Morgan fingerprint density at radius 2 is 1.64 bits per heavy atom. The fourth-order valence-electron chi connectivity index (χ4n) is 3.25. The van der Waals surface area contributed by atoms with Crippen LogP contribution in [0.1, 0.15) is 37.7 Å². The third-order valence-electron chi connectivity index (χ3n) is 5.01. The molecule has 0 fully saturated rings. The molecule has 1 N–H and O–H groups in total. The van der Waals surface area contributed by atoms with Gasteiger partial charge in [0, 0.05) is 6.54 Å². The second-order valence-electron chi connectivity index (χ2n) is 8.15.